The zero-order chi connectivity index (χ0) is 22.4. The van der Waals surface area contributed by atoms with Crippen molar-refractivity contribution >= 4 is 41.0 Å². The van der Waals surface area contributed by atoms with Gasteiger partial charge in [0.1, 0.15) is 0 Å². The van der Waals surface area contributed by atoms with Gasteiger partial charge >= 0.3 is 0 Å². The van der Waals surface area contributed by atoms with Crippen molar-refractivity contribution < 1.29 is 4.74 Å². The average molecular weight is 563 g/mol. The van der Waals surface area contributed by atoms with Crippen LogP contribution in [0.25, 0.3) is 11.0 Å². The van der Waals surface area contributed by atoms with Crippen molar-refractivity contribution in [2.24, 2.45) is 4.99 Å². The lowest BCUT2D eigenvalue weighted by atomic mass is 10.0. The second-order valence-electron chi connectivity index (χ2n) is 8.87. The number of aliphatic imine (C=N–C) groups is 1. The van der Waals surface area contributed by atoms with Crippen LogP contribution in [0.5, 0.6) is 0 Å². The number of imidazole rings is 1. The van der Waals surface area contributed by atoms with Gasteiger partial charge in [-0.1, -0.05) is 36.4 Å². The van der Waals surface area contributed by atoms with Gasteiger partial charge in [0.05, 0.1) is 30.6 Å². The molecule has 4 rings (SSSR count). The summed E-state index contributed by atoms with van der Waals surface area (Å²) in [5, 5.41) is 6.91. The van der Waals surface area contributed by atoms with Crippen LogP contribution in [0.3, 0.4) is 0 Å². The molecule has 0 unspecified atom stereocenters. The number of halogens is 1. The first-order chi connectivity index (χ1) is 15.5. The van der Waals surface area contributed by atoms with Gasteiger partial charge in [-0.05, 0) is 37.1 Å². The number of benzene rings is 2. The minimum Gasteiger partial charge on any atom is -0.379 e. The minimum atomic E-state index is 0. The van der Waals surface area contributed by atoms with Crippen LogP contribution in [-0.2, 0) is 17.8 Å². The summed E-state index contributed by atoms with van der Waals surface area (Å²) in [6, 6.07) is 16.9. The first kappa shape index (κ1) is 25.5. The number of hydrogen-bond acceptors (Lipinski definition) is 4. The molecule has 0 spiro atoms. The van der Waals surface area contributed by atoms with Crippen molar-refractivity contribution in [1.82, 2.24) is 25.1 Å². The molecular weight excluding hydrogens is 527 g/mol. The molecule has 0 radical (unpaired) electrons. The van der Waals surface area contributed by atoms with E-state index < -0.39 is 0 Å². The van der Waals surface area contributed by atoms with Crippen molar-refractivity contribution in [3.8, 4) is 0 Å². The molecule has 0 bridgehead atoms. The second kappa shape index (κ2) is 11.8. The molecule has 1 aromatic heterocycles. The van der Waals surface area contributed by atoms with E-state index in [4.69, 9.17) is 4.74 Å². The molecule has 7 nitrogen and oxygen atoms in total. The second-order valence-corrected chi connectivity index (χ2v) is 8.87. The zero-order valence-corrected chi connectivity index (χ0v) is 22.1. The van der Waals surface area contributed by atoms with E-state index in [9.17, 15) is 0 Å². The van der Waals surface area contributed by atoms with Crippen LogP contribution in [0.15, 0.2) is 59.9 Å². The Kier molecular flexibility index (Phi) is 9.10. The lowest BCUT2D eigenvalue weighted by Gasteiger charge is -2.41. The summed E-state index contributed by atoms with van der Waals surface area (Å²) in [7, 11) is 1.82. The van der Waals surface area contributed by atoms with E-state index in [1.807, 2.05) is 25.5 Å². The molecule has 2 heterocycles. The van der Waals surface area contributed by atoms with E-state index >= 15 is 0 Å². The molecule has 0 amide bonds. The molecule has 2 aromatic carbocycles. The number of ether oxygens (including phenoxy) is 1. The average Bonchev–Trinajstić information content (AvgIpc) is 3.23. The predicted octanol–water partition coefficient (Wildman–Crippen LogP) is 3.48. The van der Waals surface area contributed by atoms with Gasteiger partial charge in [-0.25, -0.2) is 4.98 Å². The Balaban J connectivity index is 0.00000306. The van der Waals surface area contributed by atoms with E-state index in [0.29, 0.717) is 0 Å². The maximum absolute atomic E-state index is 5.48. The summed E-state index contributed by atoms with van der Waals surface area (Å²) >= 11 is 0. The molecule has 1 fully saturated rings. The summed E-state index contributed by atoms with van der Waals surface area (Å²) in [5.41, 5.74) is 4.71. The number of hydrogen-bond donors (Lipinski definition) is 2. The van der Waals surface area contributed by atoms with Gasteiger partial charge in [0.15, 0.2) is 5.96 Å². The summed E-state index contributed by atoms with van der Waals surface area (Å²) < 4.78 is 7.67. The summed E-state index contributed by atoms with van der Waals surface area (Å²) in [6.45, 7) is 10.5. The van der Waals surface area contributed by atoms with E-state index in [2.05, 4.69) is 80.3 Å². The monoisotopic (exact) mass is 562 g/mol. The number of fused-ring (bicyclic) bond motifs is 1. The molecular formula is C25H35IN6O. The smallest absolute Gasteiger partial charge is 0.191 e. The topological polar surface area (TPSA) is 66.7 Å². The van der Waals surface area contributed by atoms with Crippen LogP contribution < -0.4 is 10.6 Å². The van der Waals surface area contributed by atoms with Gasteiger partial charge in [-0.2, -0.15) is 0 Å². The highest BCUT2D eigenvalue weighted by molar-refractivity contribution is 14.0. The summed E-state index contributed by atoms with van der Waals surface area (Å²) in [5.74, 6) is 0.820. The van der Waals surface area contributed by atoms with E-state index in [-0.39, 0.29) is 29.5 Å². The standard InChI is InChI=1S/C25H34N6O.HI/c1-25(2,31-12-14-32-15-13-31)18-28-24(26-3)27-16-20-8-10-21(11-9-20)17-30-19-29-22-6-4-5-7-23(22)30;/h4-11,19H,12-18H2,1-3H3,(H2,26,27,28);1H. The van der Waals surface area contributed by atoms with Crippen molar-refractivity contribution in [2.45, 2.75) is 32.5 Å². The summed E-state index contributed by atoms with van der Waals surface area (Å²) in [4.78, 5) is 11.3. The SMILES string of the molecule is CN=C(NCc1ccc(Cn2cnc3ccccc32)cc1)NCC(C)(C)N1CCOCC1.I. The Morgan fingerprint density at radius 1 is 1.03 bits per heavy atom. The predicted molar refractivity (Wildman–Crippen MR) is 145 cm³/mol. The van der Waals surface area contributed by atoms with Crippen LogP contribution in [0, 0.1) is 0 Å². The molecule has 3 aromatic rings. The highest BCUT2D eigenvalue weighted by Gasteiger charge is 2.28. The minimum absolute atomic E-state index is 0. The number of guanidine groups is 1. The number of rotatable bonds is 7. The summed E-state index contributed by atoms with van der Waals surface area (Å²) in [6.07, 6.45) is 1.91. The first-order valence-corrected chi connectivity index (χ1v) is 11.3. The van der Waals surface area contributed by atoms with Crippen molar-refractivity contribution in [1.29, 1.82) is 0 Å². The van der Waals surface area contributed by atoms with E-state index in [1.54, 1.807) is 0 Å². The third kappa shape index (κ3) is 6.68. The van der Waals surface area contributed by atoms with Gasteiger partial charge < -0.3 is 19.9 Å². The van der Waals surface area contributed by atoms with Gasteiger partial charge in [0.25, 0.3) is 0 Å². The fraction of sp³-hybridized carbons (Fsp3) is 0.440. The van der Waals surface area contributed by atoms with Crippen molar-refractivity contribution in [2.75, 3.05) is 39.9 Å². The van der Waals surface area contributed by atoms with Gasteiger partial charge in [-0.3, -0.25) is 9.89 Å². The third-order valence-corrected chi connectivity index (χ3v) is 6.14. The molecule has 2 N–H and O–H groups in total. The maximum atomic E-state index is 5.48. The normalized spacial score (nSPS) is 15.3. The Morgan fingerprint density at radius 3 is 2.45 bits per heavy atom. The van der Waals surface area contributed by atoms with E-state index in [0.717, 1.165) is 62.9 Å². The van der Waals surface area contributed by atoms with Crippen LogP contribution in [0.1, 0.15) is 25.0 Å². The molecule has 0 saturated carbocycles. The Bertz CT molecular complexity index is 1040. The molecule has 0 aliphatic carbocycles. The van der Waals surface area contributed by atoms with Crippen LogP contribution >= 0.6 is 24.0 Å². The molecule has 1 saturated heterocycles. The highest BCUT2D eigenvalue weighted by Crippen LogP contribution is 2.16. The van der Waals surface area contributed by atoms with Crippen LogP contribution in [0.4, 0.5) is 0 Å². The highest BCUT2D eigenvalue weighted by atomic mass is 127. The lowest BCUT2D eigenvalue weighted by Crippen LogP contribution is -2.56. The van der Waals surface area contributed by atoms with Crippen LogP contribution in [-0.4, -0.2) is 65.8 Å². The maximum Gasteiger partial charge on any atom is 0.191 e. The third-order valence-electron chi connectivity index (χ3n) is 6.14. The van der Waals surface area contributed by atoms with Gasteiger partial charge in [0, 0.05) is 45.3 Å². The Morgan fingerprint density at radius 2 is 1.73 bits per heavy atom. The fourth-order valence-electron chi connectivity index (χ4n) is 4.08. The number of nitrogens with one attached hydrogen (secondary N) is 2. The van der Waals surface area contributed by atoms with E-state index in [1.165, 1.54) is 11.1 Å². The Labute approximate surface area is 213 Å². The molecule has 8 heteroatoms. The van der Waals surface area contributed by atoms with Gasteiger partial charge in [-0.15, -0.1) is 24.0 Å². The number of nitrogens with zero attached hydrogens (tertiary/aromatic N) is 4. The van der Waals surface area contributed by atoms with Crippen molar-refractivity contribution in [3.05, 3.63) is 66.0 Å². The largest absolute Gasteiger partial charge is 0.379 e. The Hall–Kier alpha value is -2.17. The van der Waals surface area contributed by atoms with Crippen LogP contribution in [0.2, 0.25) is 0 Å². The first-order valence-electron chi connectivity index (χ1n) is 11.3. The van der Waals surface area contributed by atoms with Crippen molar-refractivity contribution in [3.63, 3.8) is 0 Å². The molecule has 0 atom stereocenters. The van der Waals surface area contributed by atoms with Gasteiger partial charge in [0.2, 0.25) is 0 Å². The number of morpholine rings is 1. The number of para-hydroxylation sites is 2. The number of aromatic nitrogens is 2. The lowest BCUT2D eigenvalue weighted by molar-refractivity contribution is -0.00834. The molecule has 33 heavy (non-hydrogen) atoms. The molecule has 1 aliphatic heterocycles. The molecule has 178 valence electrons. The molecule has 1 aliphatic rings. The fourth-order valence-corrected chi connectivity index (χ4v) is 4.08. The zero-order valence-electron chi connectivity index (χ0n) is 19.8. The quantitative estimate of drug-likeness (QED) is 0.262.